The van der Waals surface area contributed by atoms with E-state index in [2.05, 4.69) is 10.6 Å². The van der Waals surface area contributed by atoms with Crippen molar-refractivity contribution in [3.8, 4) is 0 Å². The second-order valence-corrected chi connectivity index (χ2v) is 3.78. The van der Waals surface area contributed by atoms with Crippen LogP contribution in [0.3, 0.4) is 0 Å². The van der Waals surface area contributed by atoms with Gasteiger partial charge in [0.05, 0.1) is 6.54 Å². The van der Waals surface area contributed by atoms with Crippen LogP contribution in [0.1, 0.15) is 0 Å². The van der Waals surface area contributed by atoms with Crippen molar-refractivity contribution in [1.82, 2.24) is 0 Å². The molecule has 0 saturated carbocycles. The molecule has 92 valence electrons. The fourth-order valence-electron chi connectivity index (χ4n) is 1.51. The van der Waals surface area contributed by atoms with E-state index in [1.807, 2.05) is 30.3 Å². The van der Waals surface area contributed by atoms with Crippen LogP contribution in [-0.4, -0.2) is 12.5 Å². The van der Waals surface area contributed by atoms with Crippen LogP contribution in [0.15, 0.2) is 54.6 Å². The van der Waals surface area contributed by atoms with Crippen molar-refractivity contribution in [1.29, 1.82) is 0 Å². The fourth-order valence-corrected chi connectivity index (χ4v) is 1.51. The van der Waals surface area contributed by atoms with Gasteiger partial charge in [0.1, 0.15) is 5.82 Å². The second-order valence-electron chi connectivity index (χ2n) is 3.78. The summed E-state index contributed by atoms with van der Waals surface area (Å²) in [6.45, 7) is 0.139. The van der Waals surface area contributed by atoms with Crippen LogP contribution in [0.2, 0.25) is 0 Å². The molecule has 0 aliphatic carbocycles. The van der Waals surface area contributed by atoms with Gasteiger partial charge in [-0.2, -0.15) is 0 Å². The molecule has 0 saturated heterocycles. The van der Waals surface area contributed by atoms with Crippen LogP contribution in [0.4, 0.5) is 15.8 Å². The van der Waals surface area contributed by atoms with Crippen LogP contribution < -0.4 is 10.6 Å². The van der Waals surface area contributed by atoms with Crippen molar-refractivity contribution >= 4 is 17.3 Å². The molecule has 0 aliphatic heterocycles. The lowest BCUT2D eigenvalue weighted by atomic mass is 10.3. The molecular weight excluding hydrogens is 231 g/mol. The lowest BCUT2D eigenvalue weighted by Gasteiger charge is -2.07. The van der Waals surface area contributed by atoms with Crippen LogP contribution in [-0.2, 0) is 4.79 Å². The molecular formula is C14H13FN2O. The monoisotopic (exact) mass is 244 g/mol. The Labute approximate surface area is 105 Å². The average Bonchev–Trinajstić information content (AvgIpc) is 2.38. The van der Waals surface area contributed by atoms with Gasteiger partial charge in [0.25, 0.3) is 0 Å². The van der Waals surface area contributed by atoms with Gasteiger partial charge in [-0.05, 0) is 30.3 Å². The molecule has 0 bridgehead atoms. The summed E-state index contributed by atoms with van der Waals surface area (Å²) in [5.41, 5.74) is 1.32. The minimum atomic E-state index is -0.371. The SMILES string of the molecule is O=C(CNc1ccccc1)Nc1cccc(F)c1. The Morgan fingerprint density at radius 3 is 2.44 bits per heavy atom. The Kier molecular flexibility index (Phi) is 3.91. The molecule has 0 unspecified atom stereocenters. The smallest absolute Gasteiger partial charge is 0.243 e. The first-order valence-corrected chi connectivity index (χ1v) is 5.58. The van der Waals surface area contributed by atoms with E-state index in [-0.39, 0.29) is 18.3 Å². The minimum Gasteiger partial charge on any atom is -0.376 e. The average molecular weight is 244 g/mol. The van der Waals surface area contributed by atoms with E-state index in [1.165, 1.54) is 12.1 Å². The maximum absolute atomic E-state index is 12.9. The molecule has 0 aliphatic rings. The molecule has 3 nitrogen and oxygen atoms in total. The first-order chi connectivity index (χ1) is 8.74. The highest BCUT2D eigenvalue weighted by atomic mass is 19.1. The predicted octanol–water partition coefficient (Wildman–Crippen LogP) is 2.88. The summed E-state index contributed by atoms with van der Waals surface area (Å²) >= 11 is 0. The predicted molar refractivity (Wildman–Crippen MR) is 70.0 cm³/mol. The molecule has 0 aromatic heterocycles. The van der Waals surface area contributed by atoms with Crippen molar-refractivity contribution in [2.75, 3.05) is 17.2 Å². The van der Waals surface area contributed by atoms with Gasteiger partial charge in [-0.1, -0.05) is 24.3 Å². The zero-order valence-electron chi connectivity index (χ0n) is 9.69. The first-order valence-electron chi connectivity index (χ1n) is 5.58. The van der Waals surface area contributed by atoms with Crippen LogP contribution in [0.25, 0.3) is 0 Å². The molecule has 0 spiro atoms. The van der Waals surface area contributed by atoms with Gasteiger partial charge in [-0.25, -0.2) is 4.39 Å². The normalized spacial score (nSPS) is 9.83. The van der Waals surface area contributed by atoms with Gasteiger partial charge in [-0.3, -0.25) is 4.79 Å². The van der Waals surface area contributed by atoms with E-state index in [0.29, 0.717) is 5.69 Å². The lowest BCUT2D eigenvalue weighted by Crippen LogP contribution is -2.21. The van der Waals surface area contributed by atoms with Gasteiger partial charge < -0.3 is 10.6 Å². The minimum absolute atomic E-state index is 0.139. The third kappa shape index (κ3) is 3.59. The van der Waals surface area contributed by atoms with Crippen molar-refractivity contribution in [2.24, 2.45) is 0 Å². The van der Waals surface area contributed by atoms with E-state index in [1.54, 1.807) is 12.1 Å². The topological polar surface area (TPSA) is 41.1 Å². The number of hydrogen-bond acceptors (Lipinski definition) is 2. The summed E-state index contributed by atoms with van der Waals surface area (Å²) in [5, 5.41) is 5.59. The molecule has 4 heteroatoms. The second kappa shape index (κ2) is 5.82. The Hall–Kier alpha value is -2.36. The standard InChI is InChI=1S/C14H13FN2O/c15-11-5-4-8-13(9-11)17-14(18)10-16-12-6-2-1-3-7-12/h1-9,16H,10H2,(H,17,18). The highest BCUT2D eigenvalue weighted by molar-refractivity contribution is 5.93. The van der Waals surface area contributed by atoms with Crippen molar-refractivity contribution in [2.45, 2.75) is 0 Å². The summed E-state index contributed by atoms with van der Waals surface area (Å²) in [6, 6.07) is 15.2. The van der Waals surface area contributed by atoms with Crippen molar-refractivity contribution < 1.29 is 9.18 Å². The molecule has 0 fully saturated rings. The molecule has 0 heterocycles. The summed E-state index contributed by atoms with van der Waals surface area (Å²) in [5.74, 6) is -0.590. The van der Waals surface area contributed by atoms with Gasteiger partial charge in [0.15, 0.2) is 0 Å². The number of halogens is 1. The molecule has 2 rings (SSSR count). The van der Waals surface area contributed by atoms with Gasteiger partial charge in [0.2, 0.25) is 5.91 Å². The molecule has 0 atom stereocenters. The third-order valence-corrected chi connectivity index (χ3v) is 2.34. The fraction of sp³-hybridized carbons (Fsp3) is 0.0714. The van der Waals surface area contributed by atoms with Crippen LogP contribution >= 0.6 is 0 Å². The van der Waals surface area contributed by atoms with E-state index in [9.17, 15) is 9.18 Å². The lowest BCUT2D eigenvalue weighted by molar-refractivity contribution is -0.114. The molecule has 2 aromatic rings. The number of carbonyl (C=O) groups is 1. The molecule has 1 amide bonds. The highest BCUT2D eigenvalue weighted by Crippen LogP contribution is 2.09. The number of rotatable bonds is 4. The largest absolute Gasteiger partial charge is 0.376 e. The van der Waals surface area contributed by atoms with Gasteiger partial charge >= 0.3 is 0 Å². The summed E-state index contributed by atoms with van der Waals surface area (Å²) < 4.78 is 12.9. The molecule has 2 N–H and O–H groups in total. The van der Waals surface area contributed by atoms with Gasteiger partial charge in [-0.15, -0.1) is 0 Å². The zero-order valence-corrected chi connectivity index (χ0v) is 9.69. The highest BCUT2D eigenvalue weighted by Gasteiger charge is 2.02. The Bertz CT molecular complexity index is 528. The van der Waals surface area contributed by atoms with Crippen molar-refractivity contribution in [3.63, 3.8) is 0 Å². The van der Waals surface area contributed by atoms with E-state index in [4.69, 9.17) is 0 Å². The van der Waals surface area contributed by atoms with E-state index < -0.39 is 0 Å². The quantitative estimate of drug-likeness (QED) is 0.868. The summed E-state index contributed by atoms with van der Waals surface area (Å²) in [7, 11) is 0. The number of nitrogens with one attached hydrogen (secondary N) is 2. The number of anilines is 2. The number of benzene rings is 2. The van der Waals surface area contributed by atoms with Gasteiger partial charge in [0, 0.05) is 11.4 Å². The molecule has 0 radical (unpaired) electrons. The number of para-hydroxylation sites is 1. The number of amides is 1. The zero-order chi connectivity index (χ0) is 12.8. The number of hydrogen-bond donors (Lipinski definition) is 2. The Morgan fingerprint density at radius 2 is 1.72 bits per heavy atom. The third-order valence-electron chi connectivity index (χ3n) is 2.34. The van der Waals surface area contributed by atoms with E-state index >= 15 is 0 Å². The molecule has 2 aromatic carbocycles. The maximum Gasteiger partial charge on any atom is 0.243 e. The van der Waals surface area contributed by atoms with E-state index in [0.717, 1.165) is 5.69 Å². The number of carbonyl (C=O) groups excluding carboxylic acids is 1. The molecule has 18 heavy (non-hydrogen) atoms. The first kappa shape index (κ1) is 12.1. The summed E-state index contributed by atoms with van der Waals surface area (Å²) in [4.78, 5) is 11.6. The Balaban J connectivity index is 1.86. The maximum atomic E-state index is 12.9. The Morgan fingerprint density at radius 1 is 1.00 bits per heavy atom. The summed E-state index contributed by atoms with van der Waals surface area (Å²) in [6.07, 6.45) is 0. The van der Waals surface area contributed by atoms with Crippen molar-refractivity contribution in [3.05, 3.63) is 60.4 Å². The van der Waals surface area contributed by atoms with Crippen LogP contribution in [0, 0.1) is 5.82 Å². The van der Waals surface area contributed by atoms with Crippen LogP contribution in [0.5, 0.6) is 0 Å².